The van der Waals surface area contributed by atoms with Crippen molar-refractivity contribution in [1.29, 1.82) is 0 Å². The van der Waals surface area contributed by atoms with Crippen molar-refractivity contribution < 1.29 is 9.53 Å². The van der Waals surface area contributed by atoms with E-state index in [2.05, 4.69) is 0 Å². The van der Waals surface area contributed by atoms with E-state index in [-0.39, 0.29) is 12.0 Å². The topological polar surface area (TPSA) is 55.6 Å². The van der Waals surface area contributed by atoms with Gasteiger partial charge in [-0.25, -0.2) is 0 Å². The number of esters is 1. The molecule has 70 valence electrons. The molecule has 2 N–H and O–H groups in total. The number of carbonyl (C=O) groups excluding carboxylic acids is 1. The van der Waals surface area contributed by atoms with E-state index in [4.69, 9.17) is 10.5 Å². The van der Waals surface area contributed by atoms with E-state index < -0.39 is 0 Å². The highest BCUT2D eigenvalue weighted by Gasteiger charge is 2.16. The molecule has 0 aliphatic carbocycles. The van der Waals surface area contributed by atoms with Gasteiger partial charge in [-0.2, -0.15) is 0 Å². The van der Waals surface area contributed by atoms with E-state index in [1.165, 1.54) is 0 Å². The van der Waals surface area contributed by atoms with E-state index >= 15 is 0 Å². The molecule has 0 spiro atoms. The third kappa shape index (κ3) is 3.19. The molecule has 12 heavy (non-hydrogen) atoms. The molecule has 1 unspecified atom stereocenters. The number of carbonyl (C=O) groups is 1. The normalized spacial score (nSPS) is 23.0. The van der Waals surface area contributed by atoms with Gasteiger partial charge in [-0.05, 0) is 13.3 Å². The summed E-state index contributed by atoms with van der Waals surface area (Å²) in [5.74, 6) is -0.131. The van der Waals surface area contributed by atoms with Gasteiger partial charge in [-0.1, -0.05) is 0 Å². The highest BCUT2D eigenvalue weighted by Crippen LogP contribution is 2.00. The lowest BCUT2D eigenvalue weighted by Gasteiger charge is -2.19. The first-order chi connectivity index (χ1) is 5.68. The lowest BCUT2D eigenvalue weighted by molar-refractivity contribution is -0.142. The van der Waals surface area contributed by atoms with Gasteiger partial charge in [0.25, 0.3) is 0 Å². The summed E-state index contributed by atoms with van der Waals surface area (Å²) in [4.78, 5) is 13.0. The predicted molar refractivity (Wildman–Crippen MR) is 45.7 cm³/mol. The highest BCUT2D eigenvalue weighted by atomic mass is 16.5. The van der Waals surface area contributed by atoms with E-state index in [1.54, 1.807) is 0 Å². The van der Waals surface area contributed by atoms with Crippen LogP contribution in [0.2, 0.25) is 0 Å². The fourth-order valence-corrected chi connectivity index (χ4v) is 1.34. The van der Waals surface area contributed by atoms with Gasteiger partial charge in [-0.3, -0.25) is 9.69 Å². The molecule has 0 aromatic rings. The zero-order valence-corrected chi connectivity index (χ0v) is 7.45. The Bertz CT molecular complexity index is 159. The Kier molecular flexibility index (Phi) is 3.49. The van der Waals surface area contributed by atoms with Crippen molar-refractivity contribution in [1.82, 2.24) is 4.90 Å². The Hall–Kier alpha value is -0.610. The Morgan fingerprint density at radius 2 is 2.50 bits per heavy atom. The van der Waals surface area contributed by atoms with E-state index in [0.717, 1.165) is 19.5 Å². The quantitative estimate of drug-likeness (QED) is 0.575. The van der Waals surface area contributed by atoms with Gasteiger partial charge in [0.05, 0.1) is 13.2 Å². The van der Waals surface area contributed by atoms with Crippen molar-refractivity contribution in [2.24, 2.45) is 5.73 Å². The highest BCUT2D eigenvalue weighted by molar-refractivity contribution is 5.71. The van der Waals surface area contributed by atoms with Crippen LogP contribution in [-0.4, -0.2) is 43.2 Å². The number of hydrogen-bond acceptors (Lipinski definition) is 4. The summed E-state index contributed by atoms with van der Waals surface area (Å²) in [6.07, 6.45) is 0.915. The van der Waals surface area contributed by atoms with Crippen molar-refractivity contribution in [3.63, 3.8) is 0 Å². The molecule has 4 heteroatoms. The molecular weight excluding hydrogens is 156 g/mol. The second-order valence-electron chi connectivity index (χ2n) is 3.29. The van der Waals surface area contributed by atoms with Crippen LogP contribution in [0, 0.1) is 0 Å². The maximum Gasteiger partial charge on any atom is 0.320 e. The molecule has 0 bridgehead atoms. The van der Waals surface area contributed by atoms with Crippen LogP contribution in [0.15, 0.2) is 0 Å². The van der Waals surface area contributed by atoms with Crippen LogP contribution in [0.3, 0.4) is 0 Å². The SMILES string of the molecule is CC(N)CN1CCCOC(=O)C1. The Balaban J connectivity index is 2.36. The zero-order valence-electron chi connectivity index (χ0n) is 7.45. The van der Waals surface area contributed by atoms with Gasteiger partial charge in [-0.15, -0.1) is 0 Å². The molecule has 4 nitrogen and oxygen atoms in total. The molecular formula is C8H16N2O2. The van der Waals surface area contributed by atoms with Gasteiger partial charge in [0.2, 0.25) is 0 Å². The minimum Gasteiger partial charge on any atom is -0.465 e. The second kappa shape index (κ2) is 4.42. The third-order valence-corrected chi connectivity index (χ3v) is 1.78. The maximum absolute atomic E-state index is 11.0. The van der Waals surface area contributed by atoms with Crippen LogP contribution >= 0.6 is 0 Å². The molecule has 0 aromatic heterocycles. The van der Waals surface area contributed by atoms with Crippen molar-refractivity contribution in [3.8, 4) is 0 Å². The van der Waals surface area contributed by atoms with Crippen LogP contribution in [0.25, 0.3) is 0 Å². The zero-order chi connectivity index (χ0) is 8.97. The van der Waals surface area contributed by atoms with Gasteiger partial charge >= 0.3 is 5.97 Å². The summed E-state index contributed by atoms with van der Waals surface area (Å²) < 4.78 is 4.89. The lowest BCUT2D eigenvalue weighted by Crippen LogP contribution is -2.38. The molecule has 1 rings (SSSR count). The first-order valence-electron chi connectivity index (χ1n) is 4.32. The fraction of sp³-hybridized carbons (Fsp3) is 0.875. The molecule has 1 saturated heterocycles. The van der Waals surface area contributed by atoms with Crippen LogP contribution in [0.5, 0.6) is 0 Å². The van der Waals surface area contributed by atoms with Crippen molar-refractivity contribution in [2.75, 3.05) is 26.2 Å². The number of hydrogen-bond donors (Lipinski definition) is 1. The summed E-state index contributed by atoms with van der Waals surface area (Å²) in [6.45, 7) is 4.56. The average molecular weight is 172 g/mol. The van der Waals surface area contributed by atoms with Crippen LogP contribution in [0.4, 0.5) is 0 Å². The molecule has 0 radical (unpaired) electrons. The number of rotatable bonds is 2. The van der Waals surface area contributed by atoms with Crippen LogP contribution in [-0.2, 0) is 9.53 Å². The number of cyclic esters (lactones) is 1. The van der Waals surface area contributed by atoms with Gasteiger partial charge in [0.1, 0.15) is 0 Å². The summed E-state index contributed by atoms with van der Waals surface area (Å²) in [5, 5.41) is 0. The standard InChI is InChI=1S/C8H16N2O2/c1-7(9)5-10-3-2-4-12-8(11)6-10/h7H,2-6,9H2,1H3. The van der Waals surface area contributed by atoms with Crippen molar-refractivity contribution in [2.45, 2.75) is 19.4 Å². The minimum absolute atomic E-state index is 0.121. The molecule has 0 saturated carbocycles. The summed E-state index contributed by atoms with van der Waals surface area (Å²) in [6, 6.07) is 0.121. The predicted octanol–water partition coefficient (Wildman–Crippen LogP) is -0.417. The van der Waals surface area contributed by atoms with Crippen LogP contribution < -0.4 is 5.73 Å². The summed E-state index contributed by atoms with van der Waals surface area (Å²) >= 11 is 0. The average Bonchev–Trinajstić information content (AvgIpc) is 2.12. The maximum atomic E-state index is 11.0. The largest absolute Gasteiger partial charge is 0.465 e. The lowest BCUT2D eigenvalue weighted by atomic mass is 10.3. The monoisotopic (exact) mass is 172 g/mol. The smallest absolute Gasteiger partial charge is 0.320 e. The first kappa shape index (κ1) is 9.48. The second-order valence-corrected chi connectivity index (χ2v) is 3.29. The Morgan fingerprint density at radius 3 is 3.17 bits per heavy atom. The molecule has 0 amide bonds. The molecule has 1 atom stereocenters. The Morgan fingerprint density at radius 1 is 1.75 bits per heavy atom. The van der Waals surface area contributed by atoms with Crippen molar-refractivity contribution >= 4 is 5.97 Å². The van der Waals surface area contributed by atoms with Gasteiger partial charge in [0.15, 0.2) is 0 Å². The van der Waals surface area contributed by atoms with E-state index in [1.807, 2.05) is 11.8 Å². The molecule has 1 heterocycles. The fourth-order valence-electron chi connectivity index (χ4n) is 1.34. The van der Waals surface area contributed by atoms with E-state index in [9.17, 15) is 4.79 Å². The summed E-state index contributed by atoms with van der Waals surface area (Å²) in [7, 11) is 0. The van der Waals surface area contributed by atoms with Crippen LogP contribution in [0.1, 0.15) is 13.3 Å². The molecule has 0 aromatic carbocycles. The molecule has 1 aliphatic rings. The summed E-state index contributed by atoms with van der Waals surface area (Å²) in [5.41, 5.74) is 5.63. The van der Waals surface area contributed by atoms with Gasteiger partial charge in [0, 0.05) is 19.1 Å². The first-order valence-corrected chi connectivity index (χ1v) is 4.32. The van der Waals surface area contributed by atoms with Gasteiger partial charge < -0.3 is 10.5 Å². The Labute approximate surface area is 72.7 Å². The van der Waals surface area contributed by atoms with Crippen molar-refractivity contribution in [3.05, 3.63) is 0 Å². The number of nitrogens with two attached hydrogens (primary N) is 1. The minimum atomic E-state index is -0.131. The molecule has 1 fully saturated rings. The molecule has 1 aliphatic heterocycles. The number of ether oxygens (including phenoxy) is 1. The third-order valence-electron chi connectivity index (χ3n) is 1.78. The number of nitrogens with zero attached hydrogens (tertiary/aromatic N) is 1. The van der Waals surface area contributed by atoms with E-state index in [0.29, 0.717) is 13.2 Å².